The summed E-state index contributed by atoms with van der Waals surface area (Å²) in [6.07, 6.45) is 2.41. The standard InChI is InChI=1S/C15H23ClN2O2/c1-3-8-18-15(19)10-20-14-7-5-6-13(16)12(14)9-11(17)4-2/h5-7,11H,3-4,8-10,17H2,1-2H3,(H,18,19). The van der Waals surface area contributed by atoms with E-state index in [9.17, 15) is 4.79 Å². The number of nitrogens with two attached hydrogens (primary N) is 1. The first-order chi connectivity index (χ1) is 9.58. The second-order valence-corrected chi connectivity index (χ2v) is 5.13. The van der Waals surface area contributed by atoms with Crippen LogP contribution in [0.25, 0.3) is 0 Å². The highest BCUT2D eigenvalue weighted by atomic mass is 35.5. The molecule has 0 heterocycles. The number of carbonyl (C=O) groups excluding carboxylic acids is 1. The van der Waals surface area contributed by atoms with E-state index >= 15 is 0 Å². The third-order valence-electron chi connectivity index (χ3n) is 3.00. The van der Waals surface area contributed by atoms with Gasteiger partial charge in [0.05, 0.1) is 0 Å². The number of nitrogens with one attached hydrogen (secondary N) is 1. The fourth-order valence-electron chi connectivity index (χ4n) is 1.74. The highest BCUT2D eigenvalue weighted by Crippen LogP contribution is 2.27. The van der Waals surface area contributed by atoms with Crippen LogP contribution >= 0.6 is 11.6 Å². The second kappa shape index (κ2) is 8.82. The summed E-state index contributed by atoms with van der Waals surface area (Å²) in [6.45, 7) is 4.68. The zero-order valence-electron chi connectivity index (χ0n) is 12.1. The van der Waals surface area contributed by atoms with Crippen LogP contribution in [-0.4, -0.2) is 25.1 Å². The summed E-state index contributed by atoms with van der Waals surface area (Å²) in [5.74, 6) is 0.505. The SMILES string of the molecule is CCCNC(=O)COc1cccc(Cl)c1CC(N)CC. The maximum Gasteiger partial charge on any atom is 0.257 e. The molecule has 1 atom stereocenters. The van der Waals surface area contributed by atoms with Crippen LogP contribution in [0.2, 0.25) is 5.02 Å². The Hall–Kier alpha value is -1.26. The van der Waals surface area contributed by atoms with Crippen LogP contribution in [0.1, 0.15) is 32.3 Å². The van der Waals surface area contributed by atoms with Crippen LogP contribution in [0.4, 0.5) is 0 Å². The van der Waals surface area contributed by atoms with Gasteiger partial charge in [0.25, 0.3) is 5.91 Å². The Balaban J connectivity index is 2.69. The van der Waals surface area contributed by atoms with Gasteiger partial charge in [-0.15, -0.1) is 0 Å². The van der Waals surface area contributed by atoms with Crippen molar-refractivity contribution in [3.8, 4) is 5.75 Å². The van der Waals surface area contributed by atoms with Gasteiger partial charge in [0.1, 0.15) is 5.75 Å². The fourth-order valence-corrected chi connectivity index (χ4v) is 1.98. The molecule has 4 nitrogen and oxygen atoms in total. The molecular weight excluding hydrogens is 276 g/mol. The van der Waals surface area contributed by atoms with Gasteiger partial charge in [0, 0.05) is 23.2 Å². The van der Waals surface area contributed by atoms with E-state index in [-0.39, 0.29) is 18.6 Å². The summed E-state index contributed by atoms with van der Waals surface area (Å²) in [5.41, 5.74) is 6.84. The molecule has 0 aliphatic carbocycles. The van der Waals surface area contributed by atoms with Crippen molar-refractivity contribution < 1.29 is 9.53 Å². The molecule has 20 heavy (non-hydrogen) atoms. The molecule has 5 heteroatoms. The van der Waals surface area contributed by atoms with Crippen LogP contribution < -0.4 is 15.8 Å². The van der Waals surface area contributed by atoms with Crippen LogP contribution in [0.5, 0.6) is 5.75 Å². The summed E-state index contributed by atoms with van der Waals surface area (Å²) in [7, 11) is 0. The average Bonchev–Trinajstić information content (AvgIpc) is 2.45. The smallest absolute Gasteiger partial charge is 0.257 e. The van der Waals surface area contributed by atoms with Gasteiger partial charge in [0.2, 0.25) is 0 Å². The Bertz CT molecular complexity index is 438. The summed E-state index contributed by atoms with van der Waals surface area (Å²) < 4.78 is 5.57. The van der Waals surface area contributed by atoms with E-state index in [4.69, 9.17) is 22.1 Å². The van der Waals surface area contributed by atoms with Crippen molar-refractivity contribution in [2.45, 2.75) is 39.2 Å². The number of benzene rings is 1. The minimum absolute atomic E-state index is 0.00525. The minimum Gasteiger partial charge on any atom is -0.483 e. The van der Waals surface area contributed by atoms with Gasteiger partial charge >= 0.3 is 0 Å². The molecule has 0 saturated carbocycles. The third kappa shape index (κ3) is 5.39. The molecule has 1 unspecified atom stereocenters. The quantitative estimate of drug-likeness (QED) is 0.775. The lowest BCUT2D eigenvalue weighted by Gasteiger charge is -2.15. The first-order valence-electron chi connectivity index (χ1n) is 7.00. The molecule has 112 valence electrons. The molecular formula is C15H23ClN2O2. The highest BCUT2D eigenvalue weighted by molar-refractivity contribution is 6.31. The number of hydrogen-bond donors (Lipinski definition) is 2. The average molecular weight is 299 g/mol. The van der Waals surface area contributed by atoms with E-state index in [0.29, 0.717) is 23.7 Å². The molecule has 0 aliphatic heterocycles. The highest BCUT2D eigenvalue weighted by Gasteiger charge is 2.12. The van der Waals surface area contributed by atoms with E-state index in [1.165, 1.54) is 0 Å². The van der Waals surface area contributed by atoms with E-state index in [0.717, 1.165) is 18.4 Å². The minimum atomic E-state index is -0.127. The number of amides is 1. The number of ether oxygens (including phenoxy) is 1. The van der Waals surface area contributed by atoms with E-state index < -0.39 is 0 Å². The lowest BCUT2D eigenvalue weighted by molar-refractivity contribution is -0.123. The molecule has 3 N–H and O–H groups in total. The molecule has 1 rings (SSSR count). The number of halogens is 1. The van der Waals surface area contributed by atoms with Crippen molar-refractivity contribution in [1.29, 1.82) is 0 Å². The van der Waals surface area contributed by atoms with Gasteiger partial charge in [-0.1, -0.05) is 31.5 Å². The largest absolute Gasteiger partial charge is 0.483 e. The Morgan fingerprint density at radius 3 is 2.85 bits per heavy atom. The number of hydrogen-bond acceptors (Lipinski definition) is 3. The number of carbonyl (C=O) groups is 1. The van der Waals surface area contributed by atoms with Gasteiger partial charge in [-0.05, 0) is 31.4 Å². The molecule has 0 aromatic heterocycles. The molecule has 0 bridgehead atoms. The fraction of sp³-hybridized carbons (Fsp3) is 0.533. The van der Waals surface area contributed by atoms with Crippen LogP contribution in [0.3, 0.4) is 0 Å². The lowest BCUT2D eigenvalue weighted by atomic mass is 10.0. The van der Waals surface area contributed by atoms with Crippen molar-refractivity contribution >= 4 is 17.5 Å². The zero-order chi connectivity index (χ0) is 15.0. The summed E-state index contributed by atoms with van der Waals surface area (Å²) >= 11 is 6.19. The van der Waals surface area contributed by atoms with Gasteiger partial charge in [-0.25, -0.2) is 0 Å². The summed E-state index contributed by atoms with van der Waals surface area (Å²) in [4.78, 5) is 11.6. The zero-order valence-corrected chi connectivity index (χ0v) is 12.9. The molecule has 1 aromatic rings. The van der Waals surface area contributed by atoms with Crippen molar-refractivity contribution in [2.75, 3.05) is 13.2 Å². The van der Waals surface area contributed by atoms with Crippen LogP contribution in [0.15, 0.2) is 18.2 Å². The first-order valence-corrected chi connectivity index (χ1v) is 7.38. The Kier molecular flexibility index (Phi) is 7.41. The van der Waals surface area contributed by atoms with E-state index in [2.05, 4.69) is 5.32 Å². The maximum absolute atomic E-state index is 11.6. The van der Waals surface area contributed by atoms with Gasteiger partial charge in [0.15, 0.2) is 6.61 Å². The molecule has 0 radical (unpaired) electrons. The summed E-state index contributed by atoms with van der Waals surface area (Å²) in [5, 5.41) is 3.39. The molecule has 0 aliphatic rings. The lowest BCUT2D eigenvalue weighted by Crippen LogP contribution is -2.29. The second-order valence-electron chi connectivity index (χ2n) is 4.73. The normalized spacial score (nSPS) is 12.0. The van der Waals surface area contributed by atoms with Crippen molar-refractivity contribution in [3.63, 3.8) is 0 Å². The monoisotopic (exact) mass is 298 g/mol. The third-order valence-corrected chi connectivity index (χ3v) is 3.35. The van der Waals surface area contributed by atoms with Crippen molar-refractivity contribution in [1.82, 2.24) is 5.32 Å². The van der Waals surface area contributed by atoms with E-state index in [1.54, 1.807) is 0 Å². The Morgan fingerprint density at radius 1 is 1.45 bits per heavy atom. The molecule has 0 saturated heterocycles. The van der Waals surface area contributed by atoms with Gasteiger partial charge in [-0.3, -0.25) is 4.79 Å². The Labute approximate surface area is 125 Å². The van der Waals surface area contributed by atoms with Crippen molar-refractivity contribution in [2.24, 2.45) is 5.73 Å². The number of rotatable bonds is 8. The Morgan fingerprint density at radius 2 is 2.20 bits per heavy atom. The molecule has 1 aromatic carbocycles. The maximum atomic E-state index is 11.6. The predicted octanol–water partition coefficient (Wildman–Crippen LogP) is 2.52. The molecule has 1 amide bonds. The molecule has 0 fully saturated rings. The van der Waals surface area contributed by atoms with Gasteiger partial charge in [-0.2, -0.15) is 0 Å². The topological polar surface area (TPSA) is 64.3 Å². The molecule has 0 spiro atoms. The van der Waals surface area contributed by atoms with Crippen LogP contribution in [0, 0.1) is 0 Å². The van der Waals surface area contributed by atoms with Crippen molar-refractivity contribution in [3.05, 3.63) is 28.8 Å². The summed E-state index contributed by atoms with van der Waals surface area (Å²) in [6, 6.07) is 5.47. The first kappa shape index (κ1) is 16.8. The predicted molar refractivity (Wildman–Crippen MR) is 82.2 cm³/mol. The van der Waals surface area contributed by atoms with Gasteiger partial charge < -0.3 is 15.8 Å². The van der Waals surface area contributed by atoms with E-state index in [1.807, 2.05) is 32.0 Å². The van der Waals surface area contributed by atoms with Crippen LogP contribution in [-0.2, 0) is 11.2 Å².